The van der Waals surface area contributed by atoms with Crippen LogP contribution in [-0.2, 0) is 6.42 Å². The largest absolute Gasteiger partial charge is 0.321 e. The lowest BCUT2D eigenvalue weighted by molar-refractivity contribution is -0.465. The number of aromatic nitrogens is 3. The van der Waals surface area contributed by atoms with E-state index in [0.29, 0.717) is 16.8 Å². The van der Waals surface area contributed by atoms with Gasteiger partial charge in [-0.15, -0.1) is 5.10 Å². The molecule has 0 bridgehead atoms. The van der Waals surface area contributed by atoms with Crippen LogP contribution in [0.5, 0.6) is 0 Å². The number of benzene rings is 2. The molecular weight excluding hydrogens is 412 g/mol. The van der Waals surface area contributed by atoms with Crippen molar-refractivity contribution < 1.29 is 4.40 Å². The molecule has 0 saturated carbocycles. The van der Waals surface area contributed by atoms with E-state index in [0.717, 1.165) is 50.9 Å². The number of hydrogen-bond donors (Lipinski definition) is 3. The van der Waals surface area contributed by atoms with Crippen LogP contribution < -0.4 is 15.4 Å². The van der Waals surface area contributed by atoms with Gasteiger partial charge in [0.25, 0.3) is 11.4 Å². The molecule has 0 spiro atoms. The highest BCUT2D eigenvalue weighted by atomic mass is 16.1. The van der Waals surface area contributed by atoms with Crippen LogP contribution in [0.4, 0.5) is 5.82 Å². The highest BCUT2D eigenvalue weighted by Gasteiger charge is 2.24. The van der Waals surface area contributed by atoms with Crippen LogP contribution in [-0.4, -0.2) is 16.2 Å². The molecule has 3 heterocycles. The minimum atomic E-state index is -0.195. The zero-order valence-electron chi connectivity index (χ0n) is 18.7. The van der Waals surface area contributed by atoms with E-state index < -0.39 is 0 Å². The minimum Gasteiger partial charge on any atom is -0.321 e. The molecule has 0 atom stereocenters. The third kappa shape index (κ3) is 3.24. The number of hydrogen-bond acceptors (Lipinski definition) is 4. The molecule has 5 aromatic rings. The highest BCUT2D eigenvalue weighted by molar-refractivity contribution is 5.89. The Morgan fingerprint density at radius 2 is 1.97 bits per heavy atom. The van der Waals surface area contributed by atoms with E-state index in [-0.39, 0.29) is 5.56 Å². The number of rotatable bonds is 4. The number of nitrogens with one attached hydrogen (secondary N) is 3. The molecule has 7 heteroatoms. The van der Waals surface area contributed by atoms with Crippen molar-refractivity contribution in [1.82, 2.24) is 9.97 Å². The van der Waals surface area contributed by atoms with Gasteiger partial charge >= 0.3 is 0 Å². The standard InChI is InChI=1S/C26H22N6O/c1-4-19-16(3)20(13-27)24-29-21-10-5-6-11-22(21)32(24)25(19)31-28-14-18-12-17-9-7-8-15(2)23(17)30-26(18)33/h5-12,14H,4H2,1-3H3,(H2,28,29,30,31,33)/p+1. The highest BCUT2D eigenvalue weighted by Crippen LogP contribution is 2.25. The molecule has 162 valence electrons. The Morgan fingerprint density at radius 1 is 1.15 bits per heavy atom. The van der Waals surface area contributed by atoms with Gasteiger partial charge in [-0.1, -0.05) is 37.3 Å². The smallest absolute Gasteiger partial charge is 0.257 e. The van der Waals surface area contributed by atoms with Gasteiger partial charge in [-0.25, -0.2) is 0 Å². The predicted molar refractivity (Wildman–Crippen MR) is 131 cm³/mol. The molecule has 0 fully saturated rings. The lowest BCUT2D eigenvalue weighted by Gasteiger charge is -2.10. The van der Waals surface area contributed by atoms with E-state index in [4.69, 9.17) is 0 Å². The van der Waals surface area contributed by atoms with E-state index >= 15 is 0 Å². The van der Waals surface area contributed by atoms with Crippen LogP contribution in [0.1, 0.15) is 34.7 Å². The van der Waals surface area contributed by atoms with Gasteiger partial charge in [-0.3, -0.25) is 9.78 Å². The summed E-state index contributed by atoms with van der Waals surface area (Å²) in [6, 6.07) is 18.0. The van der Waals surface area contributed by atoms with Crippen LogP contribution in [0.3, 0.4) is 0 Å². The van der Waals surface area contributed by atoms with Crippen molar-refractivity contribution in [1.29, 1.82) is 5.26 Å². The minimum absolute atomic E-state index is 0.195. The lowest BCUT2D eigenvalue weighted by Crippen LogP contribution is -2.28. The summed E-state index contributed by atoms with van der Waals surface area (Å²) in [7, 11) is 0. The monoisotopic (exact) mass is 435 g/mol. The van der Waals surface area contributed by atoms with Gasteiger partial charge in [0.2, 0.25) is 5.65 Å². The summed E-state index contributed by atoms with van der Waals surface area (Å²) in [5.41, 5.74) is 10.4. The Balaban J connectivity index is 1.66. The fourth-order valence-electron chi connectivity index (χ4n) is 4.47. The van der Waals surface area contributed by atoms with Gasteiger partial charge in [0, 0.05) is 5.56 Å². The zero-order chi connectivity index (χ0) is 23.1. The average Bonchev–Trinajstić information content (AvgIpc) is 3.19. The summed E-state index contributed by atoms with van der Waals surface area (Å²) in [4.78, 5) is 18.9. The maximum atomic E-state index is 12.6. The Bertz CT molecular complexity index is 1680. The van der Waals surface area contributed by atoms with Gasteiger partial charge in [0.05, 0.1) is 17.3 Å². The second-order valence-electron chi connectivity index (χ2n) is 8.08. The number of nitrogens with zero attached hydrogens (tertiary/aromatic N) is 3. The fourth-order valence-corrected chi connectivity index (χ4v) is 4.47. The molecule has 5 rings (SSSR count). The topological polar surface area (TPSA) is 101 Å². The molecule has 7 nitrogen and oxygen atoms in total. The molecule has 0 aliphatic heterocycles. The zero-order valence-corrected chi connectivity index (χ0v) is 18.7. The first-order valence-electron chi connectivity index (χ1n) is 10.8. The van der Waals surface area contributed by atoms with E-state index in [1.165, 1.54) is 6.21 Å². The molecular formula is C26H23N6O+. The van der Waals surface area contributed by atoms with Crippen LogP contribution in [0, 0.1) is 25.2 Å². The van der Waals surface area contributed by atoms with Gasteiger partial charge in [-0.2, -0.15) is 15.1 Å². The molecule has 0 radical (unpaired) electrons. The molecule has 0 saturated heterocycles. The lowest BCUT2D eigenvalue weighted by atomic mass is 10.0. The predicted octanol–water partition coefficient (Wildman–Crippen LogP) is 4.25. The SMILES string of the molecule is CCc1c(C)c(C#N)c2[nH]c3ccccc3[n+]2c1N/N=C/c1cc2cccc(C)c2[nH]c1=O. The number of aromatic amines is 2. The van der Waals surface area contributed by atoms with Gasteiger partial charge in [-0.05, 0) is 55.0 Å². The summed E-state index contributed by atoms with van der Waals surface area (Å²) in [5.74, 6) is 0.769. The number of pyridine rings is 2. The number of anilines is 1. The second kappa shape index (κ2) is 7.92. The maximum Gasteiger partial charge on any atom is 0.257 e. The number of nitriles is 1. The number of fused-ring (bicyclic) bond motifs is 4. The Kier molecular flexibility index (Phi) is 4.91. The summed E-state index contributed by atoms with van der Waals surface area (Å²) in [5, 5.41) is 15.2. The summed E-state index contributed by atoms with van der Waals surface area (Å²) in [6.07, 6.45) is 2.26. The number of H-pyrrole nitrogens is 2. The number of aryl methyl sites for hydroxylation is 1. The number of hydrazone groups is 1. The number of imidazole rings is 1. The molecule has 33 heavy (non-hydrogen) atoms. The summed E-state index contributed by atoms with van der Waals surface area (Å²) < 4.78 is 1.99. The molecule has 2 aromatic carbocycles. The molecule has 0 aliphatic rings. The molecule has 0 aliphatic carbocycles. The van der Waals surface area contributed by atoms with Crippen molar-refractivity contribution in [2.24, 2.45) is 5.10 Å². The van der Waals surface area contributed by atoms with Crippen molar-refractivity contribution in [3.05, 3.63) is 86.7 Å². The van der Waals surface area contributed by atoms with E-state index in [2.05, 4.69) is 33.5 Å². The van der Waals surface area contributed by atoms with Crippen LogP contribution >= 0.6 is 0 Å². The first-order chi connectivity index (χ1) is 16.0. The summed E-state index contributed by atoms with van der Waals surface area (Å²) in [6.45, 7) is 5.97. The van der Waals surface area contributed by atoms with Crippen molar-refractivity contribution >= 4 is 39.6 Å². The van der Waals surface area contributed by atoms with E-state index in [9.17, 15) is 10.1 Å². The quantitative estimate of drug-likeness (QED) is 0.223. The van der Waals surface area contributed by atoms with Crippen LogP contribution in [0.2, 0.25) is 0 Å². The maximum absolute atomic E-state index is 12.6. The summed E-state index contributed by atoms with van der Waals surface area (Å²) >= 11 is 0. The second-order valence-corrected chi connectivity index (χ2v) is 8.08. The Hall–Kier alpha value is -4.44. The van der Waals surface area contributed by atoms with Gasteiger partial charge < -0.3 is 4.98 Å². The van der Waals surface area contributed by atoms with Crippen molar-refractivity contribution in [2.75, 3.05) is 5.43 Å². The first-order valence-corrected chi connectivity index (χ1v) is 10.8. The molecule has 3 N–H and O–H groups in total. The molecule has 0 unspecified atom stereocenters. The normalized spacial score (nSPS) is 11.6. The number of para-hydroxylation sites is 3. The van der Waals surface area contributed by atoms with Gasteiger partial charge in [0.15, 0.2) is 0 Å². The third-order valence-corrected chi connectivity index (χ3v) is 6.15. The average molecular weight is 436 g/mol. The molecule has 3 aromatic heterocycles. The van der Waals surface area contributed by atoms with Crippen molar-refractivity contribution in [2.45, 2.75) is 27.2 Å². The van der Waals surface area contributed by atoms with E-state index in [1.54, 1.807) is 0 Å². The fraction of sp³-hybridized carbons (Fsp3) is 0.154. The van der Waals surface area contributed by atoms with Crippen molar-refractivity contribution in [3.8, 4) is 6.07 Å². The van der Waals surface area contributed by atoms with Crippen molar-refractivity contribution in [3.63, 3.8) is 0 Å². The Morgan fingerprint density at radius 3 is 2.76 bits per heavy atom. The van der Waals surface area contributed by atoms with Crippen LogP contribution in [0.25, 0.3) is 27.6 Å². The third-order valence-electron chi connectivity index (χ3n) is 6.15. The van der Waals surface area contributed by atoms with Gasteiger partial charge in [0.1, 0.15) is 22.7 Å². The first kappa shape index (κ1) is 20.5. The van der Waals surface area contributed by atoms with Crippen LogP contribution in [0.15, 0.2) is 58.4 Å². The Labute approximate surface area is 190 Å². The van der Waals surface area contributed by atoms with E-state index in [1.807, 2.05) is 66.8 Å². The molecule has 0 amide bonds.